The molecule has 6 aromatic heterocycles. The van der Waals surface area contributed by atoms with E-state index in [-0.39, 0.29) is 0 Å². The molecule has 6 nitrogen and oxygen atoms in total. The number of aromatic nitrogens is 6. The molecule has 0 aliphatic heterocycles. The predicted octanol–water partition coefficient (Wildman–Crippen LogP) is 14.5. The van der Waals surface area contributed by atoms with Gasteiger partial charge < -0.3 is 9.13 Å². The minimum Gasteiger partial charge on any atom is -0.309 e. The van der Waals surface area contributed by atoms with Crippen LogP contribution in [0.25, 0.3) is 122 Å². The van der Waals surface area contributed by atoms with E-state index in [2.05, 4.69) is 237 Å². The number of para-hydroxylation sites is 6. The van der Waals surface area contributed by atoms with Crippen LogP contribution in [0.3, 0.4) is 0 Å². The summed E-state index contributed by atoms with van der Waals surface area (Å²) in [7, 11) is 0. The lowest BCUT2D eigenvalue weighted by Crippen LogP contribution is -2.01. The maximum Gasteiger partial charge on any atom is 0.138 e. The Morgan fingerprint density at radius 3 is 0.844 bits per heavy atom. The molecule has 0 amide bonds. The van der Waals surface area contributed by atoms with E-state index in [1.807, 2.05) is 0 Å². The summed E-state index contributed by atoms with van der Waals surface area (Å²) in [5.41, 5.74) is 13.1. The van der Waals surface area contributed by atoms with Gasteiger partial charge in [-0.15, -0.1) is 0 Å². The molecule has 0 N–H and O–H groups in total. The molecule has 6 heterocycles. The van der Waals surface area contributed by atoms with Gasteiger partial charge in [0.2, 0.25) is 0 Å². The van der Waals surface area contributed by atoms with E-state index in [0.29, 0.717) is 0 Å². The molecule has 0 aliphatic rings. The molecule has 8 aromatic carbocycles. The second kappa shape index (κ2) is 13.4. The van der Waals surface area contributed by atoms with Gasteiger partial charge in [0.1, 0.15) is 11.6 Å². The molecule has 0 fully saturated rings. The van der Waals surface area contributed by atoms with Crippen molar-refractivity contribution in [1.82, 2.24) is 28.2 Å². The summed E-state index contributed by atoms with van der Waals surface area (Å²) in [6.45, 7) is 0. The van der Waals surface area contributed by atoms with Gasteiger partial charge >= 0.3 is 0 Å². The Morgan fingerprint density at radius 2 is 0.500 bits per heavy atom. The van der Waals surface area contributed by atoms with Crippen molar-refractivity contribution in [3.63, 3.8) is 0 Å². The van der Waals surface area contributed by atoms with E-state index < -0.39 is 0 Å². The molecular formula is C58H36N6. The maximum absolute atomic E-state index is 5.36. The van der Waals surface area contributed by atoms with Crippen LogP contribution in [0.1, 0.15) is 0 Å². The van der Waals surface area contributed by atoms with Gasteiger partial charge in [0.05, 0.1) is 55.5 Å². The van der Waals surface area contributed by atoms with Crippen LogP contribution in [0.2, 0.25) is 0 Å². The fourth-order valence-corrected chi connectivity index (χ4v) is 10.5. The highest BCUT2D eigenvalue weighted by atomic mass is 15.1. The average molecular weight is 817 g/mol. The van der Waals surface area contributed by atoms with Crippen molar-refractivity contribution in [2.75, 3.05) is 0 Å². The first-order valence-electron chi connectivity index (χ1n) is 21.8. The van der Waals surface area contributed by atoms with Crippen LogP contribution in [0.15, 0.2) is 218 Å². The summed E-state index contributed by atoms with van der Waals surface area (Å²) < 4.78 is 9.34. The van der Waals surface area contributed by atoms with Gasteiger partial charge in [0, 0.05) is 54.5 Å². The van der Waals surface area contributed by atoms with Crippen LogP contribution in [0.4, 0.5) is 0 Å². The third-order valence-corrected chi connectivity index (χ3v) is 13.2. The number of benzene rings is 8. The van der Waals surface area contributed by atoms with Crippen LogP contribution in [0, 0.1) is 0 Å². The molecule has 6 heteroatoms. The molecule has 0 spiro atoms. The molecule has 0 atom stereocenters. The minimum atomic E-state index is 0.807. The zero-order chi connectivity index (χ0) is 41.9. The highest BCUT2D eigenvalue weighted by molar-refractivity contribution is 6.14. The molecule has 0 saturated heterocycles. The Bertz CT molecular complexity index is 3840. The van der Waals surface area contributed by atoms with Gasteiger partial charge in [-0.2, -0.15) is 0 Å². The highest BCUT2D eigenvalue weighted by Crippen LogP contribution is 2.39. The smallest absolute Gasteiger partial charge is 0.138 e. The molecule has 64 heavy (non-hydrogen) atoms. The van der Waals surface area contributed by atoms with Gasteiger partial charge in [-0.3, -0.25) is 9.13 Å². The standard InChI is InChI=1S/C58H36N6/c1-7-23-49-39(15-1)40-16-2-8-24-50(40)61(49)37-31-33-55-45(35-37)43-19-5-11-27-53(43)63(55)57-29-13-21-47(59-57)48-22-14-30-58(60-48)64-54-28-12-6-20-44(54)46-36-38(32-34-56(46)64)62-51-25-9-3-17-41(51)42-18-4-10-26-52(42)62/h1-36H. The van der Waals surface area contributed by atoms with Gasteiger partial charge in [0.25, 0.3) is 0 Å². The van der Waals surface area contributed by atoms with Gasteiger partial charge in [-0.05, 0) is 97.1 Å². The van der Waals surface area contributed by atoms with E-state index in [1.165, 1.54) is 65.2 Å². The lowest BCUT2D eigenvalue weighted by atomic mass is 10.1. The zero-order valence-electron chi connectivity index (χ0n) is 34.5. The van der Waals surface area contributed by atoms with Crippen LogP contribution in [-0.4, -0.2) is 28.2 Å². The fraction of sp³-hybridized carbons (Fsp3) is 0. The summed E-state index contributed by atoms with van der Waals surface area (Å²) >= 11 is 0. The first kappa shape index (κ1) is 34.9. The minimum absolute atomic E-state index is 0.807. The molecule has 14 aromatic rings. The predicted molar refractivity (Wildman–Crippen MR) is 265 cm³/mol. The summed E-state index contributed by atoms with van der Waals surface area (Å²) in [6.07, 6.45) is 0. The zero-order valence-corrected chi connectivity index (χ0v) is 34.5. The normalized spacial score (nSPS) is 12.1. The molecule has 0 saturated carbocycles. The summed E-state index contributed by atoms with van der Waals surface area (Å²) in [4.78, 5) is 10.7. The first-order valence-corrected chi connectivity index (χ1v) is 21.8. The second-order valence-electron chi connectivity index (χ2n) is 16.6. The van der Waals surface area contributed by atoms with E-state index in [0.717, 1.165) is 56.5 Å². The van der Waals surface area contributed by atoms with Gasteiger partial charge in [-0.1, -0.05) is 121 Å². The van der Waals surface area contributed by atoms with Crippen LogP contribution in [-0.2, 0) is 0 Å². The topological polar surface area (TPSA) is 45.5 Å². The average Bonchev–Trinajstić information content (AvgIpc) is 4.09. The quantitative estimate of drug-likeness (QED) is 0.174. The number of fused-ring (bicyclic) bond motifs is 12. The fourth-order valence-electron chi connectivity index (χ4n) is 10.5. The number of pyridine rings is 2. The Morgan fingerprint density at radius 1 is 0.219 bits per heavy atom. The number of rotatable bonds is 5. The van der Waals surface area contributed by atoms with E-state index in [4.69, 9.17) is 9.97 Å². The lowest BCUT2D eigenvalue weighted by Gasteiger charge is -2.12. The van der Waals surface area contributed by atoms with Crippen molar-refractivity contribution in [3.8, 4) is 34.4 Å². The number of hydrogen-bond donors (Lipinski definition) is 0. The Balaban J connectivity index is 0.896. The third kappa shape index (κ3) is 4.96. The van der Waals surface area contributed by atoms with Crippen LogP contribution in [0.5, 0.6) is 0 Å². The van der Waals surface area contributed by atoms with Crippen LogP contribution < -0.4 is 0 Å². The van der Waals surface area contributed by atoms with Crippen molar-refractivity contribution >= 4 is 87.2 Å². The van der Waals surface area contributed by atoms with E-state index >= 15 is 0 Å². The monoisotopic (exact) mass is 816 g/mol. The first-order chi connectivity index (χ1) is 31.8. The summed E-state index contributed by atoms with van der Waals surface area (Å²) in [5.74, 6) is 1.69. The Labute approximate surface area is 366 Å². The molecule has 0 radical (unpaired) electrons. The number of hydrogen-bond acceptors (Lipinski definition) is 2. The molecule has 0 bridgehead atoms. The summed E-state index contributed by atoms with van der Waals surface area (Å²) in [6, 6.07) is 78.1. The molecule has 0 aliphatic carbocycles. The van der Waals surface area contributed by atoms with Crippen molar-refractivity contribution in [2.24, 2.45) is 0 Å². The molecule has 14 rings (SSSR count). The highest BCUT2D eigenvalue weighted by Gasteiger charge is 2.20. The SMILES string of the molecule is c1cc(-c2cccc(-n3c4ccccc4c4cc(-n5c6ccccc6c6ccccc65)ccc43)n2)nc(-n2c3ccccc3c3cc(-n4c5ccccc5c5ccccc54)ccc32)c1. The molecular weight excluding hydrogens is 781 g/mol. The van der Waals surface area contributed by atoms with Crippen molar-refractivity contribution in [2.45, 2.75) is 0 Å². The van der Waals surface area contributed by atoms with Crippen molar-refractivity contribution in [1.29, 1.82) is 0 Å². The van der Waals surface area contributed by atoms with Crippen molar-refractivity contribution in [3.05, 3.63) is 218 Å². The number of nitrogens with zero attached hydrogens (tertiary/aromatic N) is 6. The molecule has 298 valence electrons. The Kier molecular flexibility index (Phi) is 7.30. The van der Waals surface area contributed by atoms with Gasteiger partial charge in [-0.25, -0.2) is 9.97 Å². The maximum atomic E-state index is 5.36. The third-order valence-electron chi connectivity index (χ3n) is 13.2. The Hall–Kier alpha value is -8.74. The second-order valence-corrected chi connectivity index (χ2v) is 16.6. The van der Waals surface area contributed by atoms with E-state index in [9.17, 15) is 0 Å². The van der Waals surface area contributed by atoms with Gasteiger partial charge in [0.15, 0.2) is 0 Å². The van der Waals surface area contributed by atoms with Crippen LogP contribution >= 0.6 is 0 Å². The van der Waals surface area contributed by atoms with Crippen molar-refractivity contribution < 1.29 is 0 Å². The van der Waals surface area contributed by atoms with E-state index in [1.54, 1.807) is 0 Å². The lowest BCUT2D eigenvalue weighted by molar-refractivity contribution is 1.05. The summed E-state index contributed by atoms with van der Waals surface area (Å²) in [5, 5.41) is 9.72. The largest absolute Gasteiger partial charge is 0.309 e. The molecule has 0 unspecified atom stereocenters.